The zero-order valence-electron chi connectivity index (χ0n) is 13.1. The van der Waals surface area contributed by atoms with E-state index in [4.69, 9.17) is 0 Å². The SMILES string of the molecule is c1ccc(C2(c3ccccc3)CN2CCc2cccnc2)cc1. The first-order valence-electron chi connectivity index (χ1n) is 8.14. The molecule has 1 aliphatic rings. The van der Waals surface area contributed by atoms with Crippen LogP contribution in [0, 0.1) is 0 Å². The van der Waals surface area contributed by atoms with Crippen molar-refractivity contribution in [2.75, 3.05) is 13.1 Å². The zero-order valence-corrected chi connectivity index (χ0v) is 13.1. The molecular formula is C21H20N2. The Hall–Kier alpha value is -2.45. The van der Waals surface area contributed by atoms with E-state index < -0.39 is 0 Å². The van der Waals surface area contributed by atoms with Gasteiger partial charge < -0.3 is 0 Å². The van der Waals surface area contributed by atoms with Gasteiger partial charge >= 0.3 is 0 Å². The van der Waals surface area contributed by atoms with E-state index >= 15 is 0 Å². The van der Waals surface area contributed by atoms with Gasteiger partial charge in [0.05, 0.1) is 5.54 Å². The van der Waals surface area contributed by atoms with Gasteiger partial charge in [-0.05, 0) is 29.2 Å². The topological polar surface area (TPSA) is 15.9 Å². The van der Waals surface area contributed by atoms with Crippen LogP contribution in [0.3, 0.4) is 0 Å². The molecule has 0 radical (unpaired) electrons. The van der Waals surface area contributed by atoms with Crippen LogP contribution in [0.5, 0.6) is 0 Å². The molecule has 0 saturated carbocycles. The predicted octanol–water partition coefficient (Wildman–Crippen LogP) is 3.88. The number of hydrogen-bond acceptors (Lipinski definition) is 2. The second-order valence-electron chi connectivity index (χ2n) is 6.13. The molecule has 1 aliphatic heterocycles. The van der Waals surface area contributed by atoms with Gasteiger partial charge in [-0.15, -0.1) is 0 Å². The van der Waals surface area contributed by atoms with Gasteiger partial charge in [-0.1, -0.05) is 66.7 Å². The fourth-order valence-corrected chi connectivity index (χ4v) is 3.46. The maximum absolute atomic E-state index is 4.22. The first kappa shape index (κ1) is 14.2. The largest absolute Gasteiger partial charge is 0.286 e. The van der Waals surface area contributed by atoms with Gasteiger partial charge in [-0.3, -0.25) is 9.88 Å². The average Bonchev–Trinajstić information content (AvgIpc) is 3.38. The molecule has 0 amide bonds. The van der Waals surface area contributed by atoms with Gasteiger partial charge in [0.2, 0.25) is 0 Å². The van der Waals surface area contributed by atoms with Crippen molar-refractivity contribution in [3.8, 4) is 0 Å². The summed E-state index contributed by atoms with van der Waals surface area (Å²) in [6.07, 6.45) is 4.84. The summed E-state index contributed by atoms with van der Waals surface area (Å²) in [5.41, 5.74) is 4.12. The van der Waals surface area contributed by atoms with Crippen LogP contribution in [-0.4, -0.2) is 23.0 Å². The molecule has 0 N–H and O–H groups in total. The van der Waals surface area contributed by atoms with Gasteiger partial charge in [0.1, 0.15) is 0 Å². The van der Waals surface area contributed by atoms with Crippen molar-refractivity contribution in [3.63, 3.8) is 0 Å². The Kier molecular flexibility index (Phi) is 3.68. The van der Waals surface area contributed by atoms with Crippen molar-refractivity contribution < 1.29 is 0 Å². The lowest BCUT2D eigenvalue weighted by Gasteiger charge is -2.19. The normalized spacial score (nSPS) is 18.5. The van der Waals surface area contributed by atoms with E-state index in [9.17, 15) is 0 Å². The van der Waals surface area contributed by atoms with E-state index in [-0.39, 0.29) is 5.54 Å². The first-order chi connectivity index (χ1) is 11.4. The van der Waals surface area contributed by atoms with Crippen LogP contribution in [0.4, 0.5) is 0 Å². The summed E-state index contributed by atoms with van der Waals surface area (Å²) in [4.78, 5) is 6.78. The Bertz CT molecular complexity index is 714. The molecular weight excluding hydrogens is 280 g/mol. The molecule has 0 spiro atoms. The number of benzene rings is 2. The van der Waals surface area contributed by atoms with Crippen molar-refractivity contribution >= 4 is 0 Å². The van der Waals surface area contributed by atoms with Crippen molar-refractivity contribution in [1.29, 1.82) is 0 Å². The minimum absolute atomic E-state index is 0.0464. The number of hydrogen-bond donors (Lipinski definition) is 0. The number of aromatic nitrogens is 1. The third-order valence-corrected chi connectivity index (χ3v) is 4.75. The summed E-state index contributed by atoms with van der Waals surface area (Å²) in [5.74, 6) is 0. The van der Waals surface area contributed by atoms with Gasteiger partial charge in [0.25, 0.3) is 0 Å². The number of nitrogens with zero attached hydrogens (tertiary/aromatic N) is 2. The molecule has 2 nitrogen and oxygen atoms in total. The van der Waals surface area contributed by atoms with Crippen LogP contribution in [0.1, 0.15) is 16.7 Å². The zero-order chi connectivity index (χ0) is 15.5. The Morgan fingerprint density at radius 1 is 0.826 bits per heavy atom. The maximum atomic E-state index is 4.22. The smallest absolute Gasteiger partial charge is 0.0846 e. The second kappa shape index (κ2) is 5.98. The Morgan fingerprint density at radius 3 is 2.04 bits per heavy atom. The first-order valence-corrected chi connectivity index (χ1v) is 8.14. The fourth-order valence-electron chi connectivity index (χ4n) is 3.46. The standard InChI is InChI=1S/C21H20N2/c1-3-9-19(10-4-1)21(20-11-5-2-6-12-20)17-23(21)15-13-18-8-7-14-22-16-18/h1-12,14,16H,13,15,17H2. The van der Waals surface area contributed by atoms with Crippen LogP contribution in [-0.2, 0) is 12.0 Å². The van der Waals surface area contributed by atoms with Crippen molar-refractivity contribution in [2.45, 2.75) is 12.0 Å². The molecule has 2 aromatic carbocycles. The molecule has 0 aliphatic carbocycles. The quantitative estimate of drug-likeness (QED) is 0.665. The highest BCUT2D eigenvalue weighted by Crippen LogP contribution is 2.48. The molecule has 2 heteroatoms. The lowest BCUT2D eigenvalue weighted by molar-refractivity contribution is 0.457. The van der Waals surface area contributed by atoms with Gasteiger partial charge in [-0.2, -0.15) is 0 Å². The molecule has 0 bridgehead atoms. The summed E-state index contributed by atoms with van der Waals surface area (Å²) in [7, 11) is 0. The molecule has 3 aromatic rings. The predicted molar refractivity (Wildman–Crippen MR) is 93.2 cm³/mol. The van der Waals surface area contributed by atoms with Crippen molar-refractivity contribution in [2.24, 2.45) is 0 Å². The highest BCUT2D eigenvalue weighted by atomic mass is 15.4. The van der Waals surface area contributed by atoms with E-state index in [1.54, 1.807) is 0 Å². The monoisotopic (exact) mass is 300 g/mol. The van der Waals surface area contributed by atoms with E-state index in [0.29, 0.717) is 0 Å². The summed E-state index contributed by atoms with van der Waals surface area (Å²) in [6.45, 7) is 2.14. The van der Waals surface area contributed by atoms with Gasteiger partial charge in [0, 0.05) is 25.5 Å². The van der Waals surface area contributed by atoms with Crippen molar-refractivity contribution in [1.82, 2.24) is 9.88 Å². The van der Waals surface area contributed by atoms with E-state index in [1.165, 1.54) is 16.7 Å². The molecule has 1 fully saturated rings. The minimum Gasteiger partial charge on any atom is -0.286 e. The summed E-state index contributed by atoms with van der Waals surface area (Å²) < 4.78 is 0. The molecule has 23 heavy (non-hydrogen) atoms. The van der Waals surface area contributed by atoms with Crippen LogP contribution in [0.15, 0.2) is 85.2 Å². The molecule has 114 valence electrons. The minimum atomic E-state index is 0.0464. The highest BCUT2D eigenvalue weighted by molar-refractivity contribution is 5.45. The van der Waals surface area contributed by atoms with Crippen LogP contribution >= 0.6 is 0 Å². The van der Waals surface area contributed by atoms with Crippen LogP contribution in [0.25, 0.3) is 0 Å². The number of pyridine rings is 1. The van der Waals surface area contributed by atoms with Crippen molar-refractivity contribution in [3.05, 3.63) is 102 Å². The van der Waals surface area contributed by atoms with Gasteiger partial charge in [-0.25, -0.2) is 0 Å². The lowest BCUT2D eigenvalue weighted by Crippen LogP contribution is -2.20. The lowest BCUT2D eigenvalue weighted by atomic mass is 9.91. The molecule has 2 heterocycles. The Balaban J connectivity index is 1.60. The Morgan fingerprint density at radius 2 is 1.48 bits per heavy atom. The third kappa shape index (κ3) is 2.66. The summed E-state index contributed by atoms with van der Waals surface area (Å²) >= 11 is 0. The molecule has 1 atom stereocenters. The van der Waals surface area contributed by atoms with E-state index in [1.807, 2.05) is 18.5 Å². The summed E-state index contributed by atoms with van der Waals surface area (Å²) in [6, 6.07) is 25.9. The molecule has 4 rings (SSSR count). The maximum Gasteiger partial charge on any atom is 0.0846 e. The molecule has 1 aromatic heterocycles. The van der Waals surface area contributed by atoms with Gasteiger partial charge in [0.15, 0.2) is 0 Å². The Labute approximate surface area is 137 Å². The molecule has 1 unspecified atom stereocenters. The highest BCUT2D eigenvalue weighted by Gasteiger charge is 2.53. The van der Waals surface area contributed by atoms with E-state index in [2.05, 4.69) is 76.6 Å². The van der Waals surface area contributed by atoms with E-state index in [0.717, 1.165) is 19.5 Å². The summed E-state index contributed by atoms with van der Waals surface area (Å²) in [5, 5.41) is 0. The number of rotatable bonds is 5. The third-order valence-electron chi connectivity index (χ3n) is 4.75. The molecule has 1 saturated heterocycles. The average molecular weight is 300 g/mol. The van der Waals surface area contributed by atoms with Crippen LogP contribution in [0.2, 0.25) is 0 Å². The second-order valence-corrected chi connectivity index (χ2v) is 6.13. The van der Waals surface area contributed by atoms with Crippen LogP contribution < -0.4 is 0 Å². The fraction of sp³-hybridized carbons (Fsp3) is 0.190.